The average Bonchev–Trinajstić information content (AvgIpc) is 2.02. The van der Waals surface area contributed by atoms with Crippen LogP contribution in [-0.2, 0) is 0 Å². The fraction of sp³-hybridized carbons (Fsp3) is 1.00. The van der Waals surface area contributed by atoms with Gasteiger partial charge in [-0.3, -0.25) is 0 Å². The summed E-state index contributed by atoms with van der Waals surface area (Å²) >= 11 is 0. The molecule has 0 aromatic heterocycles. The van der Waals surface area contributed by atoms with E-state index in [4.69, 9.17) is 10.2 Å². The monoisotopic (exact) mass is 190 g/mol. The predicted molar refractivity (Wildman–Crippen MR) is 52.2 cm³/mol. The van der Waals surface area contributed by atoms with E-state index in [1.54, 1.807) is 0 Å². The maximum atomic E-state index is 9.24. The van der Waals surface area contributed by atoms with Gasteiger partial charge in [0, 0.05) is 0 Å². The van der Waals surface area contributed by atoms with Crippen LogP contribution in [0.15, 0.2) is 0 Å². The zero-order chi connectivity index (χ0) is 10.3. The highest BCUT2D eigenvalue weighted by Gasteiger charge is 2.25. The largest absolute Gasteiger partial charge is 0.388 e. The summed E-state index contributed by atoms with van der Waals surface area (Å²) in [5, 5.41) is 27.2. The van der Waals surface area contributed by atoms with E-state index in [-0.39, 0.29) is 0 Å². The van der Waals surface area contributed by atoms with E-state index in [1.807, 2.05) is 0 Å². The lowest BCUT2D eigenvalue weighted by Crippen LogP contribution is -2.38. The normalized spacial score (nSPS) is 14.5. The highest BCUT2D eigenvalue weighted by atomic mass is 16.5. The van der Waals surface area contributed by atoms with Gasteiger partial charge in [0.15, 0.2) is 5.79 Å². The first-order chi connectivity index (χ1) is 5.98. The Morgan fingerprint density at radius 3 is 2.08 bits per heavy atom. The van der Waals surface area contributed by atoms with Crippen LogP contribution in [0.25, 0.3) is 0 Å². The molecule has 0 saturated carbocycles. The summed E-state index contributed by atoms with van der Waals surface area (Å²) < 4.78 is 0. The number of hydrogen-bond acceptors (Lipinski definition) is 3. The van der Waals surface area contributed by atoms with Crippen molar-refractivity contribution in [1.82, 2.24) is 0 Å². The standard InChI is InChI=1S/C10H22O3/c1-3-4-5-6-7-8-9(11)10(2,12)13/h9,11-13H,3-8H2,1-2H3. The third kappa shape index (κ3) is 6.99. The van der Waals surface area contributed by atoms with Crippen LogP contribution in [0, 0.1) is 0 Å². The quantitative estimate of drug-likeness (QED) is 0.420. The Hall–Kier alpha value is -0.120. The molecule has 0 amide bonds. The van der Waals surface area contributed by atoms with Gasteiger partial charge in [0.25, 0.3) is 0 Å². The number of aliphatic hydroxyl groups excluding tert-OH is 1. The maximum Gasteiger partial charge on any atom is 0.186 e. The molecule has 0 radical (unpaired) electrons. The Kier molecular flexibility index (Phi) is 6.29. The number of rotatable bonds is 7. The van der Waals surface area contributed by atoms with Crippen molar-refractivity contribution in [2.45, 2.75) is 64.3 Å². The van der Waals surface area contributed by atoms with Gasteiger partial charge in [0.1, 0.15) is 6.10 Å². The van der Waals surface area contributed by atoms with Gasteiger partial charge in [-0.1, -0.05) is 39.0 Å². The molecule has 0 aromatic carbocycles. The second-order valence-corrected chi connectivity index (χ2v) is 3.81. The molecule has 0 saturated heterocycles. The predicted octanol–water partition coefficient (Wildman–Crippen LogP) is 1.41. The van der Waals surface area contributed by atoms with Crippen LogP contribution in [0.1, 0.15) is 52.4 Å². The minimum Gasteiger partial charge on any atom is -0.388 e. The van der Waals surface area contributed by atoms with E-state index in [0.717, 1.165) is 19.3 Å². The second-order valence-electron chi connectivity index (χ2n) is 3.81. The first-order valence-electron chi connectivity index (χ1n) is 5.11. The number of unbranched alkanes of at least 4 members (excludes halogenated alkanes) is 4. The molecule has 0 fully saturated rings. The van der Waals surface area contributed by atoms with Crippen molar-refractivity contribution in [1.29, 1.82) is 0 Å². The molecule has 3 N–H and O–H groups in total. The lowest BCUT2D eigenvalue weighted by atomic mass is 10.0. The van der Waals surface area contributed by atoms with Crippen molar-refractivity contribution in [2.24, 2.45) is 0 Å². The fourth-order valence-electron chi connectivity index (χ4n) is 1.21. The summed E-state index contributed by atoms with van der Waals surface area (Å²) in [6, 6.07) is 0. The van der Waals surface area contributed by atoms with E-state index < -0.39 is 11.9 Å². The van der Waals surface area contributed by atoms with E-state index in [2.05, 4.69) is 6.92 Å². The molecule has 0 aliphatic rings. The molecule has 3 nitrogen and oxygen atoms in total. The molecule has 0 aromatic rings. The Morgan fingerprint density at radius 1 is 1.08 bits per heavy atom. The van der Waals surface area contributed by atoms with Crippen LogP contribution in [0.4, 0.5) is 0 Å². The van der Waals surface area contributed by atoms with Crippen LogP contribution in [0.3, 0.4) is 0 Å². The molecule has 1 unspecified atom stereocenters. The summed E-state index contributed by atoms with van der Waals surface area (Å²) in [5.74, 6) is -1.94. The van der Waals surface area contributed by atoms with Crippen LogP contribution >= 0.6 is 0 Å². The number of hydrogen-bond donors (Lipinski definition) is 3. The molecule has 80 valence electrons. The van der Waals surface area contributed by atoms with E-state index in [9.17, 15) is 5.11 Å². The van der Waals surface area contributed by atoms with Gasteiger partial charge in [-0.05, 0) is 13.3 Å². The third-order valence-corrected chi connectivity index (χ3v) is 2.21. The van der Waals surface area contributed by atoms with Crippen LogP contribution in [-0.4, -0.2) is 27.2 Å². The summed E-state index contributed by atoms with van der Waals surface area (Å²) in [5.41, 5.74) is 0. The maximum absolute atomic E-state index is 9.24. The minimum absolute atomic E-state index is 0.465. The van der Waals surface area contributed by atoms with Gasteiger partial charge >= 0.3 is 0 Å². The summed E-state index contributed by atoms with van der Waals surface area (Å²) in [4.78, 5) is 0. The van der Waals surface area contributed by atoms with Crippen LogP contribution < -0.4 is 0 Å². The molecule has 3 heteroatoms. The second kappa shape index (κ2) is 6.35. The SMILES string of the molecule is CCCCCCCC(O)C(C)(O)O. The first kappa shape index (κ1) is 12.9. The summed E-state index contributed by atoms with van der Waals surface area (Å²) in [7, 11) is 0. The Labute approximate surface area is 80.4 Å². The fourth-order valence-corrected chi connectivity index (χ4v) is 1.21. The lowest BCUT2D eigenvalue weighted by molar-refractivity contribution is -0.212. The third-order valence-electron chi connectivity index (χ3n) is 2.21. The zero-order valence-electron chi connectivity index (χ0n) is 8.66. The zero-order valence-corrected chi connectivity index (χ0v) is 8.66. The van der Waals surface area contributed by atoms with Crippen molar-refractivity contribution < 1.29 is 15.3 Å². The Morgan fingerprint density at radius 2 is 1.62 bits per heavy atom. The van der Waals surface area contributed by atoms with Crippen molar-refractivity contribution in [3.63, 3.8) is 0 Å². The lowest BCUT2D eigenvalue weighted by Gasteiger charge is -2.22. The Bertz CT molecular complexity index is 118. The Balaban J connectivity index is 3.32. The first-order valence-corrected chi connectivity index (χ1v) is 5.11. The smallest absolute Gasteiger partial charge is 0.186 e. The van der Waals surface area contributed by atoms with E-state index >= 15 is 0 Å². The van der Waals surface area contributed by atoms with Gasteiger partial charge in [0.2, 0.25) is 0 Å². The molecule has 0 rings (SSSR count). The van der Waals surface area contributed by atoms with Gasteiger partial charge in [-0.2, -0.15) is 0 Å². The van der Waals surface area contributed by atoms with E-state index in [0.29, 0.717) is 6.42 Å². The van der Waals surface area contributed by atoms with Gasteiger partial charge in [-0.25, -0.2) is 0 Å². The molecule has 0 bridgehead atoms. The molecule has 0 aliphatic heterocycles. The average molecular weight is 190 g/mol. The van der Waals surface area contributed by atoms with Crippen molar-refractivity contribution >= 4 is 0 Å². The minimum atomic E-state index is -1.94. The summed E-state index contributed by atoms with van der Waals surface area (Å²) in [6.07, 6.45) is 4.93. The molecule has 0 heterocycles. The highest BCUT2D eigenvalue weighted by Crippen LogP contribution is 2.13. The highest BCUT2D eigenvalue weighted by molar-refractivity contribution is 4.68. The molecule has 0 spiro atoms. The van der Waals surface area contributed by atoms with Crippen molar-refractivity contribution in [3.05, 3.63) is 0 Å². The van der Waals surface area contributed by atoms with Gasteiger partial charge < -0.3 is 15.3 Å². The molecule has 1 atom stereocenters. The topological polar surface area (TPSA) is 60.7 Å². The summed E-state index contributed by atoms with van der Waals surface area (Å²) in [6.45, 7) is 3.36. The number of aliphatic hydroxyl groups is 3. The van der Waals surface area contributed by atoms with Gasteiger partial charge in [-0.15, -0.1) is 0 Å². The molecule has 0 aliphatic carbocycles. The van der Waals surface area contributed by atoms with Gasteiger partial charge in [0.05, 0.1) is 0 Å². The molecular weight excluding hydrogens is 168 g/mol. The van der Waals surface area contributed by atoms with Crippen LogP contribution in [0.2, 0.25) is 0 Å². The van der Waals surface area contributed by atoms with Crippen molar-refractivity contribution in [3.8, 4) is 0 Å². The van der Waals surface area contributed by atoms with Crippen molar-refractivity contribution in [2.75, 3.05) is 0 Å². The molecular formula is C10H22O3. The van der Waals surface area contributed by atoms with Crippen LogP contribution in [0.5, 0.6) is 0 Å². The molecule has 13 heavy (non-hydrogen) atoms. The van der Waals surface area contributed by atoms with E-state index in [1.165, 1.54) is 19.8 Å².